The van der Waals surface area contributed by atoms with E-state index in [1.54, 1.807) is 23.1 Å². The van der Waals surface area contributed by atoms with Gasteiger partial charge in [-0.05, 0) is 24.6 Å². The summed E-state index contributed by atoms with van der Waals surface area (Å²) >= 11 is 0. The van der Waals surface area contributed by atoms with Crippen LogP contribution in [0.1, 0.15) is 24.9 Å². The molecule has 1 aromatic carbocycles. The maximum atomic E-state index is 12.0. The number of hydrogen-bond acceptors (Lipinski definition) is 4. The van der Waals surface area contributed by atoms with Gasteiger partial charge in [-0.15, -0.1) is 0 Å². The van der Waals surface area contributed by atoms with E-state index in [4.69, 9.17) is 9.47 Å². The number of likely N-dealkylation sites (tertiary alicyclic amines) is 1. The highest BCUT2D eigenvalue weighted by Gasteiger charge is 2.44. The summed E-state index contributed by atoms with van der Waals surface area (Å²) in [6.07, 6.45) is 0.0299. The topological polar surface area (TPSA) is 76.1 Å². The summed E-state index contributed by atoms with van der Waals surface area (Å²) in [4.78, 5) is 25.0. The van der Waals surface area contributed by atoms with E-state index in [0.717, 1.165) is 5.56 Å². The van der Waals surface area contributed by atoms with Crippen molar-refractivity contribution in [2.75, 3.05) is 20.8 Å². The van der Waals surface area contributed by atoms with Gasteiger partial charge in [-0.25, -0.2) is 0 Å². The molecule has 2 rings (SSSR count). The van der Waals surface area contributed by atoms with Crippen molar-refractivity contribution >= 4 is 11.9 Å². The number of ether oxygens (including phenoxy) is 2. The molecule has 6 nitrogen and oxygen atoms in total. The molecule has 1 fully saturated rings. The molecule has 1 amide bonds. The normalized spacial score (nSPS) is 21.5. The van der Waals surface area contributed by atoms with Crippen molar-refractivity contribution < 1.29 is 24.2 Å². The molecule has 1 aliphatic heterocycles. The van der Waals surface area contributed by atoms with Crippen molar-refractivity contribution in [1.82, 2.24) is 4.90 Å². The maximum absolute atomic E-state index is 12.0. The zero-order chi connectivity index (χ0) is 15.6. The van der Waals surface area contributed by atoms with E-state index in [1.807, 2.05) is 6.92 Å². The number of carboxylic acid groups (broad SMARTS) is 1. The number of hydrogen-bond donors (Lipinski definition) is 1. The fourth-order valence-corrected chi connectivity index (χ4v) is 2.83. The predicted octanol–water partition coefficient (Wildman–Crippen LogP) is 1.70. The number of amides is 1. The molecular weight excluding hydrogens is 274 g/mol. The van der Waals surface area contributed by atoms with E-state index in [9.17, 15) is 14.7 Å². The minimum Gasteiger partial charge on any atom is -0.493 e. The molecule has 0 aliphatic carbocycles. The van der Waals surface area contributed by atoms with Crippen LogP contribution >= 0.6 is 0 Å². The van der Waals surface area contributed by atoms with Crippen LogP contribution in [0.3, 0.4) is 0 Å². The van der Waals surface area contributed by atoms with Gasteiger partial charge in [0.2, 0.25) is 5.91 Å². The SMILES string of the molecule is CCN1C(=O)C[C@H](C(=O)O)[C@@H]1c1ccc(OC)c(OC)c1. The Morgan fingerprint density at radius 3 is 2.52 bits per heavy atom. The second kappa shape index (κ2) is 6.03. The fraction of sp³-hybridized carbons (Fsp3) is 0.467. The first-order chi connectivity index (χ1) is 10.0. The van der Waals surface area contributed by atoms with E-state index >= 15 is 0 Å². The van der Waals surface area contributed by atoms with Crippen LogP contribution in [0.15, 0.2) is 18.2 Å². The average Bonchev–Trinajstić information content (AvgIpc) is 2.83. The first-order valence-corrected chi connectivity index (χ1v) is 6.77. The minimum atomic E-state index is -0.959. The zero-order valence-corrected chi connectivity index (χ0v) is 12.3. The second-order valence-electron chi connectivity index (χ2n) is 4.89. The first kappa shape index (κ1) is 15.2. The summed E-state index contributed by atoms with van der Waals surface area (Å²) in [5.74, 6) is -0.741. The van der Waals surface area contributed by atoms with E-state index in [0.29, 0.717) is 18.0 Å². The number of carboxylic acids is 1. The second-order valence-corrected chi connectivity index (χ2v) is 4.89. The number of aliphatic carboxylic acids is 1. The average molecular weight is 293 g/mol. The quantitative estimate of drug-likeness (QED) is 0.894. The molecule has 1 N–H and O–H groups in total. The molecule has 0 saturated carbocycles. The lowest BCUT2D eigenvalue weighted by Gasteiger charge is -2.26. The maximum Gasteiger partial charge on any atom is 0.309 e. The van der Waals surface area contributed by atoms with Crippen LogP contribution in [0.2, 0.25) is 0 Å². The summed E-state index contributed by atoms with van der Waals surface area (Å²) in [6.45, 7) is 2.32. The van der Waals surface area contributed by atoms with Gasteiger partial charge in [0.15, 0.2) is 11.5 Å². The number of carbonyl (C=O) groups excluding carboxylic acids is 1. The molecule has 1 heterocycles. The molecule has 6 heteroatoms. The summed E-state index contributed by atoms with van der Waals surface area (Å²) < 4.78 is 10.4. The van der Waals surface area contributed by atoms with Gasteiger partial charge in [0.25, 0.3) is 0 Å². The van der Waals surface area contributed by atoms with Crippen molar-refractivity contribution in [3.8, 4) is 11.5 Å². The first-order valence-electron chi connectivity index (χ1n) is 6.77. The molecule has 0 spiro atoms. The predicted molar refractivity (Wildman–Crippen MR) is 75.4 cm³/mol. The Bertz CT molecular complexity index is 557. The lowest BCUT2D eigenvalue weighted by molar-refractivity contribution is -0.142. The third kappa shape index (κ3) is 2.66. The van der Waals surface area contributed by atoms with Crippen molar-refractivity contribution in [2.45, 2.75) is 19.4 Å². The van der Waals surface area contributed by atoms with Gasteiger partial charge in [-0.2, -0.15) is 0 Å². The van der Waals surface area contributed by atoms with Crippen molar-refractivity contribution in [3.63, 3.8) is 0 Å². The molecular formula is C15H19NO5. The number of nitrogens with zero attached hydrogens (tertiary/aromatic N) is 1. The Labute approximate surface area is 123 Å². The number of methoxy groups -OCH3 is 2. The lowest BCUT2D eigenvalue weighted by atomic mass is 9.93. The van der Waals surface area contributed by atoms with Gasteiger partial charge in [0, 0.05) is 13.0 Å². The van der Waals surface area contributed by atoms with Crippen LogP contribution in [0, 0.1) is 5.92 Å². The van der Waals surface area contributed by atoms with E-state index in [1.165, 1.54) is 14.2 Å². The Hall–Kier alpha value is -2.24. The van der Waals surface area contributed by atoms with Crippen LogP contribution in [0.4, 0.5) is 0 Å². The molecule has 1 saturated heterocycles. The smallest absolute Gasteiger partial charge is 0.309 e. The van der Waals surface area contributed by atoms with E-state index < -0.39 is 17.9 Å². The molecule has 21 heavy (non-hydrogen) atoms. The van der Waals surface area contributed by atoms with Crippen LogP contribution in [-0.4, -0.2) is 42.6 Å². The van der Waals surface area contributed by atoms with Crippen LogP contribution in [-0.2, 0) is 9.59 Å². The van der Waals surface area contributed by atoms with Gasteiger partial charge >= 0.3 is 5.97 Å². The molecule has 0 unspecified atom stereocenters. The largest absolute Gasteiger partial charge is 0.493 e. The summed E-state index contributed by atoms with van der Waals surface area (Å²) in [7, 11) is 3.06. The third-order valence-electron chi connectivity index (χ3n) is 3.84. The summed E-state index contributed by atoms with van der Waals surface area (Å²) in [5, 5.41) is 9.37. The monoisotopic (exact) mass is 293 g/mol. The van der Waals surface area contributed by atoms with Gasteiger partial charge < -0.3 is 19.5 Å². The molecule has 0 aromatic heterocycles. The van der Waals surface area contributed by atoms with Gasteiger partial charge in [-0.3, -0.25) is 9.59 Å². The molecule has 0 bridgehead atoms. The van der Waals surface area contributed by atoms with E-state index in [2.05, 4.69) is 0 Å². The lowest BCUT2D eigenvalue weighted by Crippen LogP contribution is -2.30. The minimum absolute atomic E-state index is 0.0299. The Balaban J connectivity index is 2.45. The highest BCUT2D eigenvalue weighted by molar-refractivity contribution is 5.87. The van der Waals surface area contributed by atoms with Gasteiger partial charge in [0.1, 0.15) is 0 Å². The molecule has 1 aliphatic rings. The Morgan fingerprint density at radius 2 is 2.00 bits per heavy atom. The van der Waals surface area contributed by atoms with Crippen LogP contribution in [0.25, 0.3) is 0 Å². The highest BCUT2D eigenvalue weighted by atomic mass is 16.5. The van der Waals surface area contributed by atoms with E-state index in [-0.39, 0.29) is 12.3 Å². The standard InChI is InChI=1S/C15H19NO5/c1-4-16-13(17)8-10(15(18)19)14(16)9-5-6-11(20-2)12(7-9)21-3/h5-7,10,14H,4,8H2,1-3H3,(H,18,19)/t10-,14-/m0/s1. The van der Waals surface area contributed by atoms with Crippen LogP contribution < -0.4 is 9.47 Å². The molecule has 114 valence electrons. The van der Waals surface area contributed by atoms with Gasteiger partial charge in [0.05, 0.1) is 26.2 Å². The molecule has 1 aromatic rings. The Morgan fingerprint density at radius 1 is 1.33 bits per heavy atom. The van der Waals surface area contributed by atoms with Crippen molar-refractivity contribution in [2.24, 2.45) is 5.92 Å². The van der Waals surface area contributed by atoms with Gasteiger partial charge in [-0.1, -0.05) is 6.07 Å². The third-order valence-corrected chi connectivity index (χ3v) is 3.84. The van der Waals surface area contributed by atoms with Crippen LogP contribution in [0.5, 0.6) is 11.5 Å². The van der Waals surface area contributed by atoms with Crippen molar-refractivity contribution in [3.05, 3.63) is 23.8 Å². The number of benzene rings is 1. The van der Waals surface area contributed by atoms with Crippen molar-refractivity contribution in [1.29, 1.82) is 0 Å². The highest BCUT2D eigenvalue weighted by Crippen LogP contribution is 2.40. The zero-order valence-electron chi connectivity index (χ0n) is 12.3. The summed E-state index contributed by atoms with van der Waals surface area (Å²) in [5.41, 5.74) is 0.743. The summed E-state index contributed by atoms with van der Waals surface area (Å²) in [6, 6.07) is 4.77. The molecule has 0 radical (unpaired) electrons. The molecule has 2 atom stereocenters. The number of carbonyl (C=O) groups is 2. The fourth-order valence-electron chi connectivity index (χ4n) is 2.83. The Kier molecular flexibility index (Phi) is 4.35. The number of rotatable bonds is 5.